The van der Waals surface area contributed by atoms with Gasteiger partial charge in [-0.3, -0.25) is 9.78 Å². The number of ether oxygens (including phenoxy) is 2. The topological polar surface area (TPSA) is 48.4 Å². The van der Waals surface area contributed by atoms with Gasteiger partial charge in [-0.05, 0) is 49.9 Å². The number of hydrogen-bond donors (Lipinski definition) is 0. The first kappa shape index (κ1) is 16.1. The molecule has 1 fully saturated rings. The van der Waals surface area contributed by atoms with Crippen molar-refractivity contribution in [1.29, 1.82) is 0 Å². The lowest BCUT2D eigenvalue weighted by molar-refractivity contribution is -0.139. The van der Waals surface area contributed by atoms with Crippen LogP contribution in [0.3, 0.4) is 0 Å². The summed E-state index contributed by atoms with van der Waals surface area (Å²) in [5.74, 6) is 0.499. The van der Waals surface area contributed by atoms with Gasteiger partial charge in [0.2, 0.25) is 0 Å². The lowest BCUT2D eigenvalue weighted by atomic mass is 9.98. The van der Waals surface area contributed by atoms with Gasteiger partial charge in [-0.15, -0.1) is 0 Å². The third-order valence-electron chi connectivity index (χ3n) is 4.19. The van der Waals surface area contributed by atoms with E-state index in [1.165, 1.54) is 26.4 Å². The molecule has 0 atom stereocenters. The van der Waals surface area contributed by atoms with E-state index in [-0.39, 0.29) is 12.4 Å². The van der Waals surface area contributed by atoms with Crippen LogP contribution in [-0.2, 0) is 16.0 Å². The van der Waals surface area contributed by atoms with Crippen molar-refractivity contribution in [3.05, 3.63) is 35.0 Å². The van der Waals surface area contributed by atoms with Crippen LogP contribution in [0.1, 0.15) is 37.8 Å². The molecule has 0 saturated heterocycles. The minimum Gasteiger partial charge on any atom is -0.490 e. The van der Waals surface area contributed by atoms with Gasteiger partial charge in [0.05, 0.1) is 35.9 Å². The molecule has 1 heterocycles. The van der Waals surface area contributed by atoms with Crippen LogP contribution in [-0.4, -0.2) is 24.2 Å². The zero-order valence-corrected chi connectivity index (χ0v) is 13.9. The van der Waals surface area contributed by atoms with E-state index in [0.29, 0.717) is 16.8 Å². The number of carbonyl (C=O) groups is 1. The number of carbonyl (C=O) groups excluding carboxylic acids is 1. The monoisotopic (exact) mass is 333 g/mol. The Labute approximate surface area is 140 Å². The highest BCUT2D eigenvalue weighted by Gasteiger charge is 2.15. The number of nitrogens with zero attached hydrogens (tertiary/aromatic N) is 1. The Morgan fingerprint density at radius 2 is 2.04 bits per heavy atom. The third kappa shape index (κ3) is 3.94. The second kappa shape index (κ2) is 7.18. The average Bonchev–Trinajstić information content (AvgIpc) is 2.56. The predicted octanol–water partition coefficient (Wildman–Crippen LogP) is 4.32. The van der Waals surface area contributed by atoms with Gasteiger partial charge in [0.1, 0.15) is 5.75 Å². The minimum atomic E-state index is -0.329. The van der Waals surface area contributed by atoms with Crippen LogP contribution in [0.4, 0.5) is 0 Å². The van der Waals surface area contributed by atoms with Crippen LogP contribution < -0.4 is 4.74 Å². The highest BCUT2D eigenvalue weighted by Crippen LogP contribution is 2.29. The minimum absolute atomic E-state index is 0.118. The Morgan fingerprint density at radius 3 is 2.78 bits per heavy atom. The molecule has 1 aromatic heterocycles. The maximum absolute atomic E-state index is 11.4. The summed E-state index contributed by atoms with van der Waals surface area (Å²) in [6.07, 6.45) is 6.41. The molecule has 0 spiro atoms. The van der Waals surface area contributed by atoms with E-state index in [1.807, 2.05) is 18.2 Å². The molecule has 1 aromatic carbocycles. The average molecular weight is 334 g/mol. The van der Waals surface area contributed by atoms with Gasteiger partial charge in [-0.2, -0.15) is 0 Å². The number of rotatable bonds is 4. The lowest BCUT2D eigenvalue weighted by Crippen LogP contribution is -2.19. The molecular weight excluding hydrogens is 314 g/mol. The Kier molecular flexibility index (Phi) is 5.01. The van der Waals surface area contributed by atoms with E-state index in [1.54, 1.807) is 6.07 Å². The fourth-order valence-corrected chi connectivity index (χ4v) is 3.25. The van der Waals surface area contributed by atoms with Crippen LogP contribution in [0.15, 0.2) is 24.3 Å². The summed E-state index contributed by atoms with van der Waals surface area (Å²) in [5, 5.41) is 1.41. The summed E-state index contributed by atoms with van der Waals surface area (Å²) in [6.45, 7) is 0. The molecule has 2 aromatic rings. The van der Waals surface area contributed by atoms with E-state index >= 15 is 0 Å². The van der Waals surface area contributed by atoms with Crippen molar-refractivity contribution in [3.8, 4) is 5.75 Å². The second-order valence-corrected chi connectivity index (χ2v) is 6.31. The van der Waals surface area contributed by atoms with Crippen LogP contribution in [0, 0.1) is 0 Å². The number of benzene rings is 1. The first-order valence-corrected chi connectivity index (χ1v) is 8.36. The van der Waals surface area contributed by atoms with E-state index < -0.39 is 0 Å². The standard InChI is InChI=1S/C18H20ClNO3/c1-22-18(21)10-12-9-16(19)15-11-14(7-8-17(15)20-12)23-13-5-3-2-4-6-13/h7-9,11,13H,2-6,10H2,1H3. The molecule has 0 N–H and O–H groups in total. The van der Waals surface area contributed by atoms with Crippen molar-refractivity contribution in [2.24, 2.45) is 0 Å². The first-order valence-electron chi connectivity index (χ1n) is 7.98. The number of esters is 1. The summed E-state index contributed by atoms with van der Waals surface area (Å²) >= 11 is 6.36. The fraction of sp³-hybridized carbons (Fsp3) is 0.444. The Morgan fingerprint density at radius 1 is 1.26 bits per heavy atom. The summed E-state index contributed by atoms with van der Waals surface area (Å²) in [6, 6.07) is 7.45. The SMILES string of the molecule is COC(=O)Cc1cc(Cl)c2cc(OC3CCCCC3)ccc2n1. The van der Waals surface area contributed by atoms with Crippen molar-refractivity contribution in [3.63, 3.8) is 0 Å². The highest BCUT2D eigenvalue weighted by molar-refractivity contribution is 6.35. The quantitative estimate of drug-likeness (QED) is 0.782. The molecule has 1 saturated carbocycles. The number of hydrogen-bond acceptors (Lipinski definition) is 4. The Hall–Kier alpha value is -1.81. The normalized spacial score (nSPS) is 15.6. The van der Waals surface area contributed by atoms with Crippen LogP contribution in [0.25, 0.3) is 10.9 Å². The van der Waals surface area contributed by atoms with E-state index in [2.05, 4.69) is 9.72 Å². The molecule has 1 aliphatic carbocycles. The van der Waals surface area contributed by atoms with Crippen LogP contribution >= 0.6 is 11.6 Å². The zero-order valence-electron chi connectivity index (χ0n) is 13.2. The van der Waals surface area contributed by atoms with Gasteiger partial charge in [0.15, 0.2) is 0 Å². The predicted molar refractivity (Wildman–Crippen MR) is 90.0 cm³/mol. The highest BCUT2D eigenvalue weighted by atomic mass is 35.5. The molecule has 122 valence electrons. The number of methoxy groups -OCH3 is 1. The lowest BCUT2D eigenvalue weighted by Gasteiger charge is -2.23. The Bertz CT molecular complexity index is 711. The molecule has 3 rings (SSSR count). The number of halogens is 1. The third-order valence-corrected chi connectivity index (χ3v) is 4.50. The molecule has 1 aliphatic rings. The zero-order chi connectivity index (χ0) is 16.2. The number of aromatic nitrogens is 1. The van der Waals surface area contributed by atoms with Gasteiger partial charge < -0.3 is 9.47 Å². The van der Waals surface area contributed by atoms with Gasteiger partial charge in [-0.25, -0.2) is 0 Å². The van der Waals surface area contributed by atoms with Crippen LogP contribution in [0.2, 0.25) is 5.02 Å². The molecule has 0 radical (unpaired) electrons. The van der Waals surface area contributed by atoms with Crippen molar-refractivity contribution < 1.29 is 14.3 Å². The molecule has 0 bridgehead atoms. The maximum atomic E-state index is 11.4. The van der Waals surface area contributed by atoms with Gasteiger partial charge in [0.25, 0.3) is 0 Å². The summed E-state index contributed by atoms with van der Waals surface area (Å²) in [7, 11) is 1.36. The number of fused-ring (bicyclic) bond motifs is 1. The van der Waals surface area contributed by atoms with E-state index in [0.717, 1.165) is 29.5 Å². The largest absolute Gasteiger partial charge is 0.490 e. The first-order chi connectivity index (χ1) is 11.2. The molecule has 0 amide bonds. The summed E-state index contributed by atoms with van der Waals surface area (Å²) in [4.78, 5) is 15.8. The Balaban J connectivity index is 1.83. The maximum Gasteiger partial charge on any atom is 0.311 e. The molecule has 23 heavy (non-hydrogen) atoms. The van der Waals surface area contributed by atoms with Gasteiger partial charge in [-0.1, -0.05) is 18.0 Å². The second-order valence-electron chi connectivity index (χ2n) is 5.91. The summed E-state index contributed by atoms with van der Waals surface area (Å²) < 4.78 is 10.7. The van der Waals surface area contributed by atoms with E-state index in [9.17, 15) is 4.79 Å². The molecule has 4 nitrogen and oxygen atoms in total. The van der Waals surface area contributed by atoms with Crippen molar-refractivity contribution in [1.82, 2.24) is 4.98 Å². The van der Waals surface area contributed by atoms with Gasteiger partial charge >= 0.3 is 5.97 Å². The van der Waals surface area contributed by atoms with Crippen molar-refractivity contribution >= 4 is 28.5 Å². The van der Waals surface area contributed by atoms with E-state index in [4.69, 9.17) is 16.3 Å². The molecule has 5 heteroatoms. The summed E-state index contributed by atoms with van der Waals surface area (Å²) in [5.41, 5.74) is 1.36. The van der Waals surface area contributed by atoms with Crippen molar-refractivity contribution in [2.45, 2.75) is 44.6 Å². The fourth-order valence-electron chi connectivity index (χ4n) is 2.97. The van der Waals surface area contributed by atoms with Crippen molar-refractivity contribution in [2.75, 3.05) is 7.11 Å². The van der Waals surface area contributed by atoms with Gasteiger partial charge in [0, 0.05) is 5.39 Å². The molecular formula is C18H20ClNO3. The smallest absolute Gasteiger partial charge is 0.311 e. The molecule has 0 aliphatic heterocycles. The molecule has 0 unspecified atom stereocenters. The van der Waals surface area contributed by atoms with Crippen LogP contribution in [0.5, 0.6) is 5.75 Å². The number of pyridine rings is 1.